The fraction of sp³-hybridized carbons (Fsp3) is 0.273. The van der Waals surface area contributed by atoms with Crippen molar-refractivity contribution in [3.05, 3.63) is 110 Å². The summed E-state index contributed by atoms with van der Waals surface area (Å²) in [6, 6.07) is 20.1. The number of hydrogen-bond donors (Lipinski definition) is 1. The summed E-state index contributed by atoms with van der Waals surface area (Å²) in [6.45, 7) is 6.82. The number of nitriles is 1. The normalized spacial score (nSPS) is 15.1. The second-order valence-corrected chi connectivity index (χ2v) is 11.6. The zero-order valence-corrected chi connectivity index (χ0v) is 25.4. The fourth-order valence-electron chi connectivity index (χ4n) is 5.12. The van der Waals surface area contributed by atoms with E-state index in [0.29, 0.717) is 41.8 Å². The Morgan fingerprint density at radius 3 is 2.51 bits per heavy atom. The Labute approximate surface area is 254 Å². The number of pyridine rings is 1. The van der Waals surface area contributed by atoms with E-state index in [9.17, 15) is 10.4 Å². The Morgan fingerprint density at radius 1 is 1.00 bits per heavy atom. The van der Waals surface area contributed by atoms with Gasteiger partial charge in [-0.25, -0.2) is 0 Å². The number of β-amino-alcohol motifs (C(OH)–C–C–N with tert-alkyl or cyclic N) is 1. The van der Waals surface area contributed by atoms with Crippen molar-refractivity contribution in [2.75, 3.05) is 13.1 Å². The van der Waals surface area contributed by atoms with E-state index in [2.05, 4.69) is 76.1 Å². The first-order valence-corrected chi connectivity index (χ1v) is 14.7. The van der Waals surface area contributed by atoms with Crippen molar-refractivity contribution < 1.29 is 14.6 Å². The molecule has 6 nitrogen and oxygen atoms in total. The Balaban J connectivity index is 1.39. The van der Waals surface area contributed by atoms with Crippen molar-refractivity contribution in [1.29, 1.82) is 5.26 Å². The van der Waals surface area contributed by atoms with Crippen LogP contribution < -0.4 is 9.47 Å². The highest BCUT2D eigenvalue weighted by Crippen LogP contribution is 2.36. The summed E-state index contributed by atoms with van der Waals surface area (Å²) in [5, 5.41) is 19.7. The van der Waals surface area contributed by atoms with Crippen molar-refractivity contribution >= 4 is 27.5 Å². The molecular formula is C33H31BrClN3O3. The van der Waals surface area contributed by atoms with E-state index in [1.165, 1.54) is 17.3 Å². The number of aliphatic hydroxyl groups excluding tert-OH is 1. The van der Waals surface area contributed by atoms with Crippen LogP contribution in [0, 0.1) is 25.2 Å². The van der Waals surface area contributed by atoms with Gasteiger partial charge in [0.05, 0.1) is 16.7 Å². The average Bonchev–Trinajstić information content (AvgIpc) is 3.38. The highest BCUT2D eigenvalue weighted by molar-refractivity contribution is 9.10. The topological polar surface area (TPSA) is 78.6 Å². The molecule has 0 aliphatic carbocycles. The lowest BCUT2D eigenvalue weighted by molar-refractivity contribution is 0.174. The Hall–Kier alpha value is -3.41. The largest absolute Gasteiger partial charge is 0.488 e. The van der Waals surface area contributed by atoms with E-state index in [4.69, 9.17) is 21.1 Å². The van der Waals surface area contributed by atoms with Crippen LogP contribution in [0.15, 0.2) is 71.5 Å². The highest BCUT2D eigenvalue weighted by Gasteiger charge is 2.22. The zero-order chi connectivity index (χ0) is 28.9. The summed E-state index contributed by atoms with van der Waals surface area (Å²) in [6.07, 6.45) is 3.64. The van der Waals surface area contributed by atoms with Gasteiger partial charge >= 0.3 is 0 Å². The van der Waals surface area contributed by atoms with E-state index < -0.39 is 0 Å². The van der Waals surface area contributed by atoms with Crippen LogP contribution in [-0.2, 0) is 19.8 Å². The summed E-state index contributed by atoms with van der Waals surface area (Å²) in [4.78, 5) is 6.32. The molecule has 210 valence electrons. The van der Waals surface area contributed by atoms with Crippen LogP contribution in [0.4, 0.5) is 0 Å². The molecule has 5 rings (SSSR count). The molecule has 1 aliphatic rings. The predicted molar refractivity (Wildman–Crippen MR) is 164 cm³/mol. The maximum Gasteiger partial charge on any atom is 0.142 e. The van der Waals surface area contributed by atoms with Crippen LogP contribution in [-0.4, -0.2) is 34.2 Å². The van der Waals surface area contributed by atoms with E-state index in [1.807, 2.05) is 18.2 Å². The summed E-state index contributed by atoms with van der Waals surface area (Å²) in [5.41, 5.74) is 7.92. The molecule has 41 heavy (non-hydrogen) atoms. The maximum absolute atomic E-state index is 10.0. The smallest absolute Gasteiger partial charge is 0.142 e. The lowest BCUT2D eigenvalue weighted by atomic mass is 9.94. The second-order valence-electron chi connectivity index (χ2n) is 10.3. The molecule has 1 atom stereocenters. The van der Waals surface area contributed by atoms with Gasteiger partial charge in [-0.05, 0) is 66.3 Å². The Bertz CT molecular complexity index is 1600. The number of ether oxygens (including phenoxy) is 2. The molecule has 2 heterocycles. The first-order chi connectivity index (χ1) is 19.8. The average molecular weight is 633 g/mol. The number of aromatic nitrogens is 1. The molecule has 1 aromatic heterocycles. The first-order valence-electron chi connectivity index (χ1n) is 13.5. The highest BCUT2D eigenvalue weighted by atomic mass is 79.9. The molecule has 0 radical (unpaired) electrons. The summed E-state index contributed by atoms with van der Waals surface area (Å²) in [5.74, 6) is 1.17. The second kappa shape index (κ2) is 13.1. The molecule has 8 heteroatoms. The van der Waals surface area contributed by atoms with Gasteiger partial charge in [-0.15, -0.1) is 0 Å². The minimum atomic E-state index is -0.322. The SMILES string of the molecule is Cc1c(Br)cccc1-c1cccc(COc2cc(OCc3cncc(C#N)c3)c(CN3CC[C@@H](O)C3)cc2Cl)c1C. The number of aliphatic hydroxyl groups is 1. The van der Waals surface area contributed by atoms with Crippen LogP contribution in [0.3, 0.4) is 0 Å². The molecule has 0 amide bonds. The van der Waals surface area contributed by atoms with Gasteiger partial charge in [0.15, 0.2) is 0 Å². The van der Waals surface area contributed by atoms with Gasteiger partial charge in [0, 0.05) is 53.7 Å². The Kier molecular flexibility index (Phi) is 9.26. The van der Waals surface area contributed by atoms with Crippen LogP contribution in [0.2, 0.25) is 5.02 Å². The minimum Gasteiger partial charge on any atom is -0.488 e. The predicted octanol–water partition coefficient (Wildman–Crippen LogP) is 7.38. The molecule has 1 fully saturated rings. The standard InChI is InChI=1S/C33H31BrClN3O3/c1-21-25(5-3-6-28(21)29-7-4-8-30(34)22(29)2)20-41-33-13-32(40-19-24-11-23(14-36)15-37-16-24)26(12-31(33)35)17-38-10-9-27(39)18-38/h3-8,11-13,15-16,27,39H,9-10,17-20H2,1-2H3/t27-/m1/s1. The van der Waals surface area contributed by atoms with Gasteiger partial charge in [-0.1, -0.05) is 57.9 Å². The number of nitrogens with zero attached hydrogens (tertiary/aromatic N) is 3. The number of halogens is 2. The van der Waals surface area contributed by atoms with Crippen LogP contribution in [0.25, 0.3) is 11.1 Å². The van der Waals surface area contributed by atoms with Gasteiger partial charge in [-0.3, -0.25) is 9.88 Å². The molecular weight excluding hydrogens is 602 g/mol. The molecule has 0 unspecified atom stereocenters. The number of hydrogen-bond acceptors (Lipinski definition) is 6. The molecule has 0 spiro atoms. The third-order valence-electron chi connectivity index (χ3n) is 7.46. The lowest BCUT2D eigenvalue weighted by Gasteiger charge is -2.20. The first kappa shape index (κ1) is 29.1. The van der Waals surface area contributed by atoms with Crippen molar-refractivity contribution in [2.24, 2.45) is 0 Å². The Morgan fingerprint density at radius 2 is 1.76 bits per heavy atom. The van der Waals surface area contributed by atoms with Gasteiger partial charge in [0.25, 0.3) is 0 Å². The van der Waals surface area contributed by atoms with Gasteiger partial charge < -0.3 is 14.6 Å². The number of likely N-dealkylation sites (tertiary alicyclic amines) is 1. The van der Waals surface area contributed by atoms with Crippen LogP contribution in [0.5, 0.6) is 11.5 Å². The van der Waals surface area contributed by atoms with E-state index >= 15 is 0 Å². The molecule has 4 aromatic rings. The van der Waals surface area contributed by atoms with Crippen LogP contribution in [0.1, 0.15) is 39.8 Å². The number of rotatable bonds is 9. The van der Waals surface area contributed by atoms with E-state index in [0.717, 1.165) is 45.3 Å². The van der Waals surface area contributed by atoms with Crippen molar-refractivity contribution in [1.82, 2.24) is 9.88 Å². The molecule has 1 aliphatic heterocycles. The summed E-state index contributed by atoms with van der Waals surface area (Å²) in [7, 11) is 0. The maximum atomic E-state index is 10.0. The van der Waals surface area contributed by atoms with Gasteiger partial charge in [-0.2, -0.15) is 5.26 Å². The minimum absolute atomic E-state index is 0.242. The lowest BCUT2D eigenvalue weighted by Crippen LogP contribution is -2.22. The molecule has 0 saturated carbocycles. The molecule has 0 bridgehead atoms. The number of benzene rings is 3. The van der Waals surface area contributed by atoms with Gasteiger partial charge in [0.2, 0.25) is 0 Å². The zero-order valence-electron chi connectivity index (χ0n) is 23.0. The summed E-state index contributed by atoms with van der Waals surface area (Å²) < 4.78 is 13.6. The summed E-state index contributed by atoms with van der Waals surface area (Å²) >= 11 is 10.4. The van der Waals surface area contributed by atoms with Crippen LogP contribution >= 0.6 is 27.5 Å². The van der Waals surface area contributed by atoms with Crippen molar-refractivity contribution in [3.63, 3.8) is 0 Å². The van der Waals surface area contributed by atoms with Crippen molar-refractivity contribution in [3.8, 4) is 28.7 Å². The van der Waals surface area contributed by atoms with E-state index in [-0.39, 0.29) is 12.7 Å². The quantitative estimate of drug-likeness (QED) is 0.208. The molecule has 3 aromatic carbocycles. The fourth-order valence-corrected chi connectivity index (χ4v) is 5.72. The van der Waals surface area contributed by atoms with Crippen molar-refractivity contribution in [2.45, 2.75) is 46.1 Å². The monoisotopic (exact) mass is 631 g/mol. The third kappa shape index (κ3) is 6.91. The molecule has 1 saturated heterocycles. The molecule has 1 N–H and O–H groups in total. The van der Waals surface area contributed by atoms with E-state index in [1.54, 1.807) is 12.3 Å². The third-order valence-corrected chi connectivity index (χ3v) is 8.62. The van der Waals surface area contributed by atoms with Gasteiger partial charge in [0.1, 0.15) is 30.8 Å².